The minimum atomic E-state index is -0.941. The van der Waals surface area contributed by atoms with Gasteiger partial charge in [0.2, 0.25) is 5.91 Å². The van der Waals surface area contributed by atoms with Crippen molar-refractivity contribution in [2.24, 2.45) is 11.1 Å². The van der Waals surface area contributed by atoms with Crippen molar-refractivity contribution in [2.75, 3.05) is 11.4 Å². The van der Waals surface area contributed by atoms with Gasteiger partial charge in [-0.1, -0.05) is 38.5 Å². The van der Waals surface area contributed by atoms with Crippen LogP contribution >= 0.6 is 0 Å². The summed E-state index contributed by atoms with van der Waals surface area (Å²) in [6, 6.07) is 6.71. The van der Waals surface area contributed by atoms with E-state index in [-0.39, 0.29) is 24.3 Å². The Labute approximate surface area is 125 Å². The molecule has 0 bridgehead atoms. The standard InChI is InChI=1S/C16H24N2O3/c1-11-5-7-12(8-6-11)18(10-9-13(19)20)15(21)14(17)16(2,3)4/h5-8,14H,9-10,17H2,1-4H3,(H,19,20). The van der Waals surface area contributed by atoms with E-state index in [0.717, 1.165) is 5.56 Å². The number of rotatable bonds is 5. The summed E-state index contributed by atoms with van der Waals surface area (Å²) in [6.45, 7) is 7.73. The van der Waals surface area contributed by atoms with Crippen molar-refractivity contribution in [1.82, 2.24) is 0 Å². The smallest absolute Gasteiger partial charge is 0.305 e. The number of benzene rings is 1. The van der Waals surface area contributed by atoms with Gasteiger partial charge in [0.15, 0.2) is 0 Å². The van der Waals surface area contributed by atoms with E-state index >= 15 is 0 Å². The molecule has 0 aliphatic heterocycles. The summed E-state index contributed by atoms with van der Waals surface area (Å²) < 4.78 is 0. The number of carboxylic acid groups (broad SMARTS) is 1. The van der Waals surface area contributed by atoms with E-state index in [2.05, 4.69) is 0 Å². The molecule has 1 amide bonds. The minimum Gasteiger partial charge on any atom is -0.481 e. The molecule has 1 atom stereocenters. The second-order valence-corrected chi connectivity index (χ2v) is 6.31. The molecular formula is C16H24N2O3. The Morgan fingerprint density at radius 2 is 1.76 bits per heavy atom. The molecule has 0 saturated carbocycles. The van der Waals surface area contributed by atoms with E-state index in [1.807, 2.05) is 52.0 Å². The van der Waals surface area contributed by atoms with Gasteiger partial charge in [-0.3, -0.25) is 9.59 Å². The molecule has 0 heterocycles. The van der Waals surface area contributed by atoms with Gasteiger partial charge in [-0.25, -0.2) is 0 Å². The van der Waals surface area contributed by atoms with Crippen LogP contribution in [0.15, 0.2) is 24.3 Å². The van der Waals surface area contributed by atoms with Crippen molar-refractivity contribution in [3.63, 3.8) is 0 Å². The molecule has 0 radical (unpaired) electrons. The van der Waals surface area contributed by atoms with Crippen molar-refractivity contribution in [3.8, 4) is 0 Å². The topological polar surface area (TPSA) is 83.6 Å². The van der Waals surface area contributed by atoms with Gasteiger partial charge in [0.1, 0.15) is 0 Å². The van der Waals surface area contributed by atoms with Crippen LogP contribution in [0.25, 0.3) is 0 Å². The van der Waals surface area contributed by atoms with E-state index < -0.39 is 12.0 Å². The summed E-state index contributed by atoms with van der Waals surface area (Å²) in [5, 5.41) is 8.86. The molecule has 0 aromatic heterocycles. The third kappa shape index (κ3) is 4.86. The fourth-order valence-electron chi connectivity index (χ4n) is 1.84. The van der Waals surface area contributed by atoms with Crippen LogP contribution < -0.4 is 10.6 Å². The molecule has 5 heteroatoms. The predicted molar refractivity (Wildman–Crippen MR) is 83.2 cm³/mol. The maximum Gasteiger partial charge on any atom is 0.305 e. The summed E-state index contributed by atoms with van der Waals surface area (Å²) in [5.41, 5.74) is 7.39. The Morgan fingerprint density at radius 3 is 2.19 bits per heavy atom. The van der Waals surface area contributed by atoms with Crippen molar-refractivity contribution in [1.29, 1.82) is 0 Å². The molecule has 1 aromatic carbocycles. The third-order valence-corrected chi connectivity index (χ3v) is 3.36. The van der Waals surface area contributed by atoms with E-state index in [1.54, 1.807) is 0 Å². The lowest BCUT2D eigenvalue weighted by Crippen LogP contribution is -2.51. The summed E-state index contributed by atoms with van der Waals surface area (Å²) in [7, 11) is 0. The van der Waals surface area contributed by atoms with Gasteiger partial charge in [-0.05, 0) is 24.5 Å². The van der Waals surface area contributed by atoms with Crippen LogP contribution in [0.4, 0.5) is 5.69 Å². The normalized spacial score (nSPS) is 12.8. The average molecular weight is 292 g/mol. The number of carbonyl (C=O) groups excluding carboxylic acids is 1. The van der Waals surface area contributed by atoms with Crippen LogP contribution in [0, 0.1) is 12.3 Å². The third-order valence-electron chi connectivity index (χ3n) is 3.36. The molecule has 0 fully saturated rings. The number of aryl methyl sites for hydroxylation is 1. The Hall–Kier alpha value is -1.88. The molecule has 5 nitrogen and oxygen atoms in total. The number of aliphatic carboxylic acids is 1. The monoisotopic (exact) mass is 292 g/mol. The molecule has 1 rings (SSSR count). The van der Waals surface area contributed by atoms with E-state index in [1.165, 1.54) is 4.90 Å². The van der Waals surface area contributed by atoms with Crippen molar-refractivity contribution >= 4 is 17.6 Å². The van der Waals surface area contributed by atoms with Crippen molar-refractivity contribution < 1.29 is 14.7 Å². The number of carboxylic acids is 1. The van der Waals surface area contributed by atoms with Gasteiger partial charge in [0.25, 0.3) is 0 Å². The lowest BCUT2D eigenvalue weighted by Gasteiger charge is -2.32. The van der Waals surface area contributed by atoms with Crippen LogP contribution in [0.5, 0.6) is 0 Å². The molecule has 0 spiro atoms. The summed E-state index contributed by atoms with van der Waals surface area (Å²) in [4.78, 5) is 24.9. The van der Waals surface area contributed by atoms with E-state index in [9.17, 15) is 9.59 Å². The number of hydrogen-bond donors (Lipinski definition) is 2. The zero-order valence-corrected chi connectivity index (χ0v) is 13.1. The Kier molecular flexibility index (Phi) is 5.49. The Morgan fingerprint density at radius 1 is 1.24 bits per heavy atom. The minimum absolute atomic E-state index is 0.112. The highest BCUT2D eigenvalue weighted by molar-refractivity contribution is 5.97. The zero-order valence-electron chi connectivity index (χ0n) is 13.1. The number of nitrogens with two attached hydrogens (primary N) is 1. The predicted octanol–water partition coefficient (Wildman–Crippen LogP) is 2.18. The zero-order chi connectivity index (χ0) is 16.2. The van der Waals surface area contributed by atoms with Gasteiger partial charge in [-0.15, -0.1) is 0 Å². The highest BCUT2D eigenvalue weighted by Crippen LogP contribution is 2.23. The Balaban J connectivity index is 3.04. The molecule has 0 aliphatic carbocycles. The SMILES string of the molecule is Cc1ccc(N(CCC(=O)O)C(=O)C(N)C(C)(C)C)cc1. The van der Waals surface area contributed by atoms with Gasteiger partial charge in [0.05, 0.1) is 12.5 Å². The largest absolute Gasteiger partial charge is 0.481 e. The number of carbonyl (C=O) groups is 2. The van der Waals surface area contributed by atoms with E-state index in [4.69, 9.17) is 10.8 Å². The fourth-order valence-corrected chi connectivity index (χ4v) is 1.84. The molecule has 3 N–H and O–H groups in total. The van der Waals surface area contributed by atoms with Gasteiger partial charge < -0.3 is 15.7 Å². The number of hydrogen-bond acceptors (Lipinski definition) is 3. The molecule has 21 heavy (non-hydrogen) atoms. The lowest BCUT2D eigenvalue weighted by atomic mass is 9.86. The summed E-state index contributed by atoms with van der Waals surface area (Å²) >= 11 is 0. The first kappa shape index (κ1) is 17.2. The quantitative estimate of drug-likeness (QED) is 0.871. The number of amides is 1. The molecule has 1 aromatic rings. The van der Waals surface area contributed by atoms with Crippen molar-refractivity contribution in [3.05, 3.63) is 29.8 Å². The van der Waals surface area contributed by atoms with Crippen LogP contribution in [-0.4, -0.2) is 29.6 Å². The Bertz CT molecular complexity index is 503. The second kappa shape index (κ2) is 6.72. The molecule has 0 saturated heterocycles. The molecule has 0 aliphatic rings. The van der Waals surface area contributed by atoms with Gasteiger partial charge in [0, 0.05) is 12.2 Å². The summed E-state index contributed by atoms with van der Waals surface area (Å²) in [5.74, 6) is -1.20. The first-order valence-corrected chi connectivity index (χ1v) is 6.98. The molecule has 1 unspecified atom stereocenters. The fraction of sp³-hybridized carbons (Fsp3) is 0.500. The van der Waals surface area contributed by atoms with E-state index in [0.29, 0.717) is 5.69 Å². The molecular weight excluding hydrogens is 268 g/mol. The second-order valence-electron chi connectivity index (χ2n) is 6.31. The van der Waals surface area contributed by atoms with Crippen LogP contribution in [0.1, 0.15) is 32.8 Å². The highest BCUT2D eigenvalue weighted by atomic mass is 16.4. The van der Waals surface area contributed by atoms with Gasteiger partial charge in [-0.2, -0.15) is 0 Å². The first-order chi connectivity index (χ1) is 9.62. The highest BCUT2D eigenvalue weighted by Gasteiger charge is 2.31. The van der Waals surface area contributed by atoms with Crippen LogP contribution in [0.3, 0.4) is 0 Å². The van der Waals surface area contributed by atoms with Gasteiger partial charge >= 0.3 is 5.97 Å². The molecule has 116 valence electrons. The first-order valence-electron chi connectivity index (χ1n) is 6.98. The maximum absolute atomic E-state index is 12.6. The van der Waals surface area contributed by atoms with Crippen LogP contribution in [-0.2, 0) is 9.59 Å². The number of nitrogens with zero attached hydrogens (tertiary/aromatic N) is 1. The average Bonchev–Trinajstić information content (AvgIpc) is 2.38. The summed E-state index contributed by atoms with van der Waals surface area (Å²) in [6.07, 6.45) is -0.115. The lowest BCUT2D eigenvalue weighted by molar-refractivity contribution is -0.136. The van der Waals surface area contributed by atoms with Crippen LogP contribution in [0.2, 0.25) is 0 Å². The number of anilines is 1. The maximum atomic E-state index is 12.6. The van der Waals surface area contributed by atoms with Crippen molar-refractivity contribution in [2.45, 2.75) is 40.2 Å².